The van der Waals surface area contributed by atoms with Gasteiger partial charge in [0.15, 0.2) is 0 Å². The molecule has 0 radical (unpaired) electrons. The van der Waals surface area contributed by atoms with Crippen LogP contribution in [0, 0.1) is 0 Å². The van der Waals surface area contributed by atoms with Gasteiger partial charge in [-0.3, -0.25) is 19.4 Å². The van der Waals surface area contributed by atoms with Gasteiger partial charge in [-0.2, -0.15) is 0 Å². The molecule has 0 aliphatic rings. The molecular weight excluding hydrogens is 400 g/mol. The second-order valence-corrected chi connectivity index (χ2v) is 6.22. The Bertz CT molecular complexity index is 969. The number of benzene rings is 2. The molecule has 0 aliphatic carbocycles. The summed E-state index contributed by atoms with van der Waals surface area (Å²) >= 11 is 3.30. The van der Waals surface area contributed by atoms with E-state index in [1.165, 1.54) is 16.7 Å². The first kappa shape index (κ1) is 17.9. The van der Waals surface area contributed by atoms with Crippen molar-refractivity contribution in [1.29, 1.82) is 0 Å². The number of pyridine rings is 1. The lowest BCUT2D eigenvalue weighted by atomic mass is 10.2. The van der Waals surface area contributed by atoms with Gasteiger partial charge in [0.25, 0.3) is 11.5 Å². The van der Waals surface area contributed by atoms with E-state index in [0.29, 0.717) is 22.5 Å². The van der Waals surface area contributed by atoms with E-state index in [9.17, 15) is 9.59 Å². The molecule has 0 bridgehead atoms. The summed E-state index contributed by atoms with van der Waals surface area (Å²) in [4.78, 5) is 24.0. The van der Waals surface area contributed by atoms with E-state index in [4.69, 9.17) is 9.94 Å². The number of rotatable bonds is 5. The molecule has 0 spiro atoms. The van der Waals surface area contributed by atoms with Crippen molar-refractivity contribution in [1.82, 2.24) is 10.0 Å². The van der Waals surface area contributed by atoms with Crippen LogP contribution in [0.3, 0.4) is 0 Å². The number of hydrogen-bond acceptors (Lipinski definition) is 4. The summed E-state index contributed by atoms with van der Waals surface area (Å²) in [6.45, 7) is 0.355. The lowest BCUT2D eigenvalue weighted by Crippen LogP contribution is -2.20. The number of nitrogens with zero attached hydrogens (tertiary/aromatic N) is 1. The number of amides is 1. The second kappa shape index (κ2) is 7.99. The quantitative estimate of drug-likeness (QED) is 0.495. The fourth-order valence-corrected chi connectivity index (χ4v) is 2.82. The molecule has 1 aromatic heterocycles. The van der Waals surface area contributed by atoms with Crippen LogP contribution >= 0.6 is 15.9 Å². The third-order valence-corrected chi connectivity index (χ3v) is 4.47. The molecule has 132 valence electrons. The van der Waals surface area contributed by atoms with Crippen LogP contribution in [0.25, 0.3) is 5.69 Å². The zero-order valence-corrected chi connectivity index (χ0v) is 15.1. The molecule has 0 fully saturated rings. The molecule has 3 rings (SSSR count). The molecule has 0 saturated heterocycles. The lowest BCUT2D eigenvalue weighted by Gasteiger charge is -2.11. The van der Waals surface area contributed by atoms with Crippen molar-refractivity contribution in [3.05, 3.63) is 92.8 Å². The minimum absolute atomic E-state index is 0.282. The minimum atomic E-state index is -0.616. The molecule has 2 aromatic carbocycles. The zero-order valence-electron chi connectivity index (χ0n) is 13.6. The first-order valence-corrected chi connectivity index (χ1v) is 8.52. The summed E-state index contributed by atoms with van der Waals surface area (Å²) in [7, 11) is 0. The van der Waals surface area contributed by atoms with Crippen molar-refractivity contribution in [2.45, 2.75) is 6.61 Å². The van der Waals surface area contributed by atoms with E-state index in [2.05, 4.69) is 15.9 Å². The van der Waals surface area contributed by atoms with Crippen molar-refractivity contribution in [3.8, 4) is 11.4 Å². The van der Waals surface area contributed by atoms with Gasteiger partial charge in [-0.25, -0.2) is 5.48 Å². The van der Waals surface area contributed by atoms with Crippen molar-refractivity contribution >= 4 is 21.8 Å². The van der Waals surface area contributed by atoms with Crippen molar-refractivity contribution < 1.29 is 14.7 Å². The smallest absolute Gasteiger partial charge is 0.274 e. The fraction of sp³-hybridized carbons (Fsp3) is 0.0526. The summed E-state index contributed by atoms with van der Waals surface area (Å²) in [5.74, 6) is -0.166. The van der Waals surface area contributed by atoms with Gasteiger partial charge in [0.1, 0.15) is 16.8 Å². The SMILES string of the molecule is O=C(NO)c1ccc(-n2ccc(OCc3ccccc3)c(Br)c2=O)cc1. The molecule has 2 N–H and O–H groups in total. The third kappa shape index (κ3) is 3.84. The van der Waals surface area contributed by atoms with E-state index in [1.807, 2.05) is 30.3 Å². The predicted octanol–water partition coefficient (Wildman–Crippen LogP) is 3.30. The average molecular weight is 415 g/mol. The lowest BCUT2D eigenvalue weighted by molar-refractivity contribution is 0.0706. The van der Waals surface area contributed by atoms with E-state index in [-0.39, 0.29) is 11.1 Å². The molecule has 1 heterocycles. The van der Waals surface area contributed by atoms with Crippen molar-refractivity contribution in [2.75, 3.05) is 0 Å². The number of aromatic nitrogens is 1. The van der Waals surface area contributed by atoms with Crippen LogP contribution in [-0.4, -0.2) is 15.7 Å². The molecule has 1 amide bonds. The van der Waals surface area contributed by atoms with Crippen LogP contribution in [0.15, 0.2) is 76.1 Å². The van der Waals surface area contributed by atoms with Gasteiger partial charge in [0.05, 0.1) is 0 Å². The maximum Gasteiger partial charge on any atom is 0.274 e. The molecular formula is C19H15BrN2O4. The van der Waals surface area contributed by atoms with E-state index in [1.54, 1.807) is 29.9 Å². The molecule has 0 aliphatic heterocycles. The summed E-state index contributed by atoms with van der Waals surface area (Å²) in [5.41, 5.74) is 3.15. The predicted molar refractivity (Wildman–Crippen MR) is 99.8 cm³/mol. The Labute approximate surface area is 157 Å². The summed E-state index contributed by atoms with van der Waals surface area (Å²) in [5, 5.41) is 8.64. The van der Waals surface area contributed by atoms with Gasteiger partial charge in [0, 0.05) is 17.4 Å². The van der Waals surface area contributed by atoms with Crippen LogP contribution in [0.4, 0.5) is 0 Å². The fourth-order valence-electron chi connectivity index (χ4n) is 2.38. The number of nitrogens with one attached hydrogen (secondary N) is 1. The topological polar surface area (TPSA) is 80.6 Å². The molecule has 3 aromatic rings. The molecule has 6 nitrogen and oxygen atoms in total. The van der Waals surface area contributed by atoms with Gasteiger partial charge in [-0.05, 0) is 51.8 Å². The number of ether oxygens (including phenoxy) is 1. The minimum Gasteiger partial charge on any atom is -0.487 e. The number of hydroxylamine groups is 1. The highest BCUT2D eigenvalue weighted by Gasteiger charge is 2.11. The van der Waals surface area contributed by atoms with Crippen molar-refractivity contribution in [3.63, 3.8) is 0 Å². The van der Waals surface area contributed by atoms with E-state index >= 15 is 0 Å². The highest BCUT2D eigenvalue weighted by atomic mass is 79.9. The molecule has 0 saturated carbocycles. The first-order valence-electron chi connectivity index (χ1n) is 7.73. The molecule has 0 atom stereocenters. The Kier molecular flexibility index (Phi) is 5.50. The van der Waals surface area contributed by atoms with Gasteiger partial charge < -0.3 is 4.74 Å². The molecule has 0 unspecified atom stereocenters. The average Bonchev–Trinajstić information content (AvgIpc) is 2.69. The van der Waals surface area contributed by atoms with Crippen LogP contribution in [-0.2, 0) is 6.61 Å². The highest BCUT2D eigenvalue weighted by molar-refractivity contribution is 9.10. The Hall–Kier alpha value is -2.90. The zero-order chi connectivity index (χ0) is 18.5. The van der Waals surface area contributed by atoms with E-state index in [0.717, 1.165) is 5.56 Å². The Morgan fingerprint density at radius 3 is 2.42 bits per heavy atom. The number of carbonyl (C=O) groups is 1. The number of halogens is 1. The standard InChI is InChI=1S/C19H15BrN2O4/c20-17-16(26-12-13-4-2-1-3-5-13)10-11-22(19(17)24)15-8-6-14(7-9-15)18(23)21-25/h1-11,25H,12H2,(H,21,23). The Balaban J connectivity index is 1.83. The number of carbonyl (C=O) groups excluding carboxylic acids is 1. The largest absolute Gasteiger partial charge is 0.487 e. The van der Waals surface area contributed by atoms with Crippen LogP contribution < -0.4 is 15.8 Å². The Morgan fingerprint density at radius 2 is 1.77 bits per heavy atom. The third-order valence-electron chi connectivity index (χ3n) is 3.74. The maximum atomic E-state index is 12.6. The van der Waals surface area contributed by atoms with Crippen LogP contribution in [0.5, 0.6) is 5.75 Å². The highest BCUT2D eigenvalue weighted by Crippen LogP contribution is 2.22. The van der Waals surface area contributed by atoms with Gasteiger partial charge >= 0.3 is 0 Å². The van der Waals surface area contributed by atoms with Crippen LogP contribution in [0.2, 0.25) is 0 Å². The van der Waals surface area contributed by atoms with Crippen molar-refractivity contribution in [2.24, 2.45) is 0 Å². The number of hydrogen-bond donors (Lipinski definition) is 2. The monoisotopic (exact) mass is 414 g/mol. The maximum absolute atomic E-state index is 12.6. The first-order chi connectivity index (χ1) is 12.6. The molecule has 7 heteroatoms. The van der Waals surface area contributed by atoms with Crippen LogP contribution in [0.1, 0.15) is 15.9 Å². The normalized spacial score (nSPS) is 10.4. The second-order valence-electron chi connectivity index (χ2n) is 5.43. The van der Waals surface area contributed by atoms with Gasteiger partial charge in [-0.1, -0.05) is 30.3 Å². The summed E-state index contributed by atoms with van der Waals surface area (Å²) in [6, 6.07) is 17.6. The Morgan fingerprint density at radius 1 is 1.08 bits per heavy atom. The summed E-state index contributed by atoms with van der Waals surface area (Å²) in [6.07, 6.45) is 1.61. The summed E-state index contributed by atoms with van der Waals surface area (Å²) < 4.78 is 7.46. The van der Waals surface area contributed by atoms with Gasteiger partial charge in [-0.15, -0.1) is 0 Å². The van der Waals surface area contributed by atoms with E-state index < -0.39 is 5.91 Å². The van der Waals surface area contributed by atoms with Gasteiger partial charge in [0.2, 0.25) is 0 Å². The molecule has 26 heavy (non-hydrogen) atoms.